The van der Waals surface area contributed by atoms with Gasteiger partial charge in [-0.05, 0) is 60.6 Å². The first-order valence-electron chi connectivity index (χ1n) is 8.45. The minimum atomic E-state index is 0.0294. The Kier molecular flexibility index (Phi) is 6.22. The van der Waals surface area contributed by atoms with Gasteiger partial charge in [0.15, 0.2) is 0 Å². The molecule has 2 aromatic carbocycles. The van der Waals surface area contributed by atoms with E-state index in [2.05, 4.69) is 17.4 Å². The van der Waals surface area contributed by atoms with Gasteiger partial charge in [-0.1, -0.05) is 35.9 Å². The fourth-order valence-electron chi connectivity index (χ4n) is 3.01. The highest BCUT2D eigenvalue weighted by Gasteiger charge is 2.12. The van der Waals surface area contributed by atoms with Crippen LogP contribution < -0.4 is 5.32 Å². The van der Waals surface area contributed by atoms with E-state index < -0.39 is 0 Å². The molecule has 0 aromatic heterocycles. The van der Waals surface area contributed by atoms with Crippen LogP contribution >= 0.6 is 23.4 Å². The maximum atomic E-state index is 12.3. The van der Waals surface area contributed by atoms with E-state index in [1.807, 2.05) is 30.3 Å². The summed E-state index contributed by atoms with van der Waals surface area (Å²) < 4.78 is 0. The molecule has 0 heterocycles. The summed E-state index contributed by atoms with van der Waals surface area (Å²) in [4.78, 5) is 12.3. The molecule has 0 saturated heterocycles. The molecule has 0 radical (unpaired) electrons. The lowest BCUT2D eigenvalue weighted by Crippen LogP contribution is -2.26. The van der Waals surface area contributed by atoms with Crippen LogP contribution in [0, 0.1) is 0 Å². The minimum absolute atomic E-state index is 0.0294. The molecule has 0 aliphatic heterocycles. The van der Waals surface area contributed by atoms with Crippen LogP contribution in [0.1, 0.15) is 39.9 Å². The van der Waals surface area contributed by atoms with Crippen molar-refractivity contribution in [3.8, 4) is 0 Å². The summed E-state index contributed by atoms with van der Waals surface area (Å²) in [6, 6.07) is 14.0. The lowest BCUT2D eigenvalue weighted by molar-refractivity contribution is 0.0956. The first-order valence-corrected chi connectivity index (χ1v) is 9.98. The number of aryl methyl sites for hydroxylation is 2. The van der Waals surface area contributed by atoms with E-state index in [4.69, 9.17) is 11.6 Å². The predicted molar refractivity (Wildman–Crippen MR) is 103 cm³/mol. The van der Waals surface area contributed by atoms with Crippen molar-refractivity contribution in [2.45, 2.75) is 31.4 Å². The third-order valence-corrected chi connectivity index (χ3v) is 5.73. The predicted octanol–water partition coefficient (Wildman–Crippen LogP) is 4.88. The molecule has 2 aromatic rings. The Balaban J connectivity index is 1.43. The van der Waals surface area contributed by atoms with Gasteiger partial charge in [0.2, 0.25) is 0 Å². The van der Waals surface area contributed by atoms with E-state index in [-0.39, 0.29) is 5.91 Å². The van der Waals surface area contributed by atoms with Crippen molar-refractivity contribution in [1.82, 2.24) is 5.32 Å². The number of thioether (sulfide) groups is 1. The lowest BCUT2D eigenvalue weighted by Gasteiger charge is -2.16. The van der Waals surface area contributed by atoms with Crippen molar-refractivity contribution >= 4 is 29.3 Å². The zero-order chi connectivity index (χ0) is 16.8. The third-order valence-electron chi connectivity index (χ3n) is 4.36. The molecule has 24 heavy (non-hydrogen) atoms. The number of nitrogens with one attached hydrogen (secondary N) is 1. The Bertz CT molecular complexity index is 717. The van der Waals surface area contributed by atoms with Gasteiger partial charge in [0.05, 0.1) is 0 Å². The fraction of sp³-hybridized carbons (Fsp3) is 0.350. The standard InChI is InChI=1S/C20H22ClNOS/c21-19-8-4-3-7-18(19)14-24-12-11-22-20(23)17-10-9-15-5-1-2-6-16(15)13-17/h3-4,7-10,13H,1-2,5-6,11-12,14H2,(H,22,23). The van der Waals surface area contributed by atoms with Crippen molar-refractivity contribution < 1.29 is 4.79 Å². The van der Waals surface area contributed by atoms with Crippen molar-refractivity contribution in [2.24, 2.45) is 0 Å². The highest BCUT2D eigenvalue weighted by molar-refractivity contribution is 7.98. The number of amides is 1. The van der Waals surface area contributed by atoms with E-state index in [1.54, 1.807) is 11.8 Å². The molecule has 0 bridgehead atoms. The van der Waals surface area contributed by atoms with Gasteiger partial charge in [-0.2, -0.15) is 11.8 Å². The molecule has 0 unspecified atom stereocenters. The zero-order valence-electron chi connectivity index (χ0n) is 13.7. The number of hydrogen-bond donors (Lipinski definition) is 1. The highest BCUT2D eigenvalue weighted by atomic mass is 35.5. The van der Waals surface area contributed by atoms with Crippen LogP contribution in [0.4, 0.5) is 0 Å². The molecule has 0 saturated carbocycles. The van der Waals surface area contributed by atoms with Crippen LogP contribution in [0.3, 0.4) is 0 Å². The van der Waals surface area contributed by atoms with Crippen molar-refractivity contribution in [2.75, 3.05) is 12.3 Å². The SMILES string of the molecule is O=C(NCCSCc1ccccc1Cl)c1ccc2c(c1)CCCC2. The van der Waals surface area contributed by atoms with Crippen LogP contribution in [0.25, 0.3) is 0 Å². The first kappa shape index (κ1) is 17.4. The summed E-state index contributed by atoms with van der Waals surface area (Å²) in [6.07, 6.45) is 4.75. The van der Waals surface area contributed by atoms with Gasteiger partial charge in [0.25, 0.3) is 5.91 Å². The minimum Gasteiger partial charge on any atom is -0.351 e. The topological polar surface area (TPSA) is 29.1 Å². The summed E-state index contributed by atoms with van der Waals surface area (Å²) >= 11 is 7.92. The molecule has 1 aliphatic carbocycles. The van der Waals surface area contributed by atoms with E-state index in [0.29, 0.717) is 6.54 Å². The molecule has 1 amide bonds. The second-order valence-corrected chi connectivity index (χ2v) is 7.60. The van der Waals surface area contributed by atoms with Crippen LogP contribution in [0.15, 0.2) is 42.5 Å². The summed E-state index contributed by atoms with van der Waals surface area (Å²) in [5, 5.41) is 3.82. The average Bonchev–Trinajstić information content (AvgIpc) is 2.62. The Morgan fingerprint density at radius 3 is 2.71 bits per heavy atom. The summed E-state index contributed by atoms with van der Waals surface area (Å²) in [5.74, 6) is 1.78. The third kappa shape index (κ3) is 4.55. The van der Waals surface area contributed by atoms with E-state index in [1.165, 1.54) is 24.0 Å². The van der Waals surface area contributed by atoms with E-state index >= 15 is 0 Å². The van der Waals surface area contributed by atoms with Crippen LogP contribution in [-0.2, 0) is 18.6 Å². The molecular formula is C20H22ClNOS. The van der Waals surface area contributed by atoms with E-state index in [9.17, 15) is 4.79 Å². The number of rotatable bonds is 6. The number of carbonyl (C=O) groups is 1. The number of halogens is 1. The maximum Gasteiger partial charge on any atom is 0.251 e. The van der Waals surface area contributed by atoms with Crippen LogP contribution in [0.5, 0.6) is 0 Å². The monoisotopic (exact) mass is 359 g/mol. The van der Waals surface area contributed by atoms with Gasteiger partial charge < -0.3 is 5.32 Å². The molecule has 4 heteroatoms. The molecule has 126 valence electrons. The summed E-state index contributed by atoms with van der Waals surface area (Å²) in [6.45, 7) is 0.672. The smallest absolute Gasteiger partial charge is 0.251 e. The Labute approximate surface area is 153 Å². The Hall–Kier alpha value is -1.45. The van der Waals surface area contributed by atoms with Gasteiger partial charge in [-0.15, -0.1) is 0 Å². The summed E-state index contributed by atoms with van der Waals surface area (Å²) in [7, 11) is 0. The molecule has 0 spiro atoms. The van der Waals surface area contributed by atoms with Gasteiger partial charge in [-0.25, -0.2) is 0 Å². The van der Waals surface area contributed by atoms with Crippen molar-refractivity contribution in [1.29, 1.82) is 0 Å². The fourth-order valence-corrected chi connectivity index (χ4v) is 4.16. The molecule has 1 aliphatic rings. The first-order chi connectivity index (χ1) is 11.7. The number of hydrogen-bond acceptors (Lipinski definition) is 2. The zero-order valence-corrected chi connectivity index (χ0v) is 15.3. The Morgan fingerprint density at radius 1 is 1.08 bits per heavy atom. The maximum absolute atomic E-state index is 12.3. The summed E-state index contributed by atoms with van der Waals surface area (Å²) in [5.41, 5.74) is 4.69. The molecule has 3 rings (SSSR count). The van der Waals surface area contributed by atoms with Crippen LogP contribution in [-0.4, -0.2) is 18.2 Å². The van der Waals surface area contributed by atoms with Gasteiger partial charge in [0, 0.05) is 28.6 Å². The molecule has 1 N–H and O–H groups in total. The lowest BCUT2D eigenvalue weighted by atomic mass is 9.90. The van der Waals surface area contributed by atoms with Crippen LogP contribution in [0.2, 0.25) is 5.02 Å². The second-order valence-electron chi connectivity index (χ2n) is 6.09. The van der Waals surface area contributed by atoms with Gasteiger partial charge >= 0.3 is 0 Å². The Morgan fingerprint density at radius 2 is 1.88 bits per heavy atom. The second kappa shape index (κ2) is 8.59. The van der Waals surface area contributed by atoms with E-state index in [0.717, 1.165) is 40.5 Å². The molecule has 0 atom stereocenters. The normalized spacial score (nSPS) is 13.4. The highest BCUT2D eigenvalue weighted by Crippen LogP contribution is 2.22. The molecular weight excluding hydrogens is 338 g/mol. The largest absolute Gasteiger partial charge is 0.351 e. The van der Waals surface area contributed by atoms with Crippen molar-refractivity contribution in [3.63, 3.8) is 0 Å². The number of fused-ring (bicyclic) bond motifs is 1. The van der Waals surface area contributed by atoms with Gasteiger partial charge in [-0.3, -0.25) is 4.79 Å². The quantitative estimate of drug-likeness (QED) is 0.744. The molecule has 2 nitrogen and oxygen atoms in total. The number of benzene rings is 2. The number of carbonyl (C=O) groups excluding carboxylic acids is 1. The van der Waals surface area contributed by atoms with Gasteiger partial charge in [0.1, 0.15) is 0 Å². The van der Waals surface area contributed by atoms with Crippen molar-refractivity contribution in [3.05, 3.63) is 69.7 Å². The molecule has 0 fully saturated rings. The average molecular weight is 360 g/mol.